The van der Waals surface area contributed by atoms with Crippen molar-refractivity contribution in [2.75, 3.05) is 6.61 Å². The Morgan fingerprint density at radius 3 is 2.88 bits per heavy atom. The van der Waals surface area contributed by atoms with E-state index in [-0.39, 0.29) is 6.29 Å². The average Bonchev–Trinajstić information content (AvgIpc) is 2.30. The Bertz CT molecular complexity index is 337. The molecule has 0 aliphatic carbocycles. The summed E-state index contributed by atoms with van der Waals surface area (Å²) in [5, 5.41) is 18.0. The van der Waals surface area contributed by atoms with Crippen LogP contribution in [-0.4, -0.2) is 30.1 Å². The van der Waals surface area contributed by atoms with Crippen molar-refractivity contribution in [1.29, 1.82) is 0 Å². The summed E-state index contributed by atoms with van der Waals surface area (Å²) < 4.78 is 11.0. The van der Waals surface area contributed by atoms with Crippen molar-refractivity contribution in [3.8, 4) is 5.75 Å². The van der Waals surface area contributed by atoms with E-state index in [2.05, 4.69) is 0 Å². The standard InChI is InChI=1S/C11H15BO4/c13-12(14)9-4-3-5-10(8-9)16-11-6-1-2-7-15-11/h3-5,8,11,13-14H,1-2,6-7H2/t11-/m1/s1. The van der Waals surface area contributed by atoms with Gasteiger partial charge in [0.05, 0.1) is 6.61 Å². The Hall–Kier alpha value is -1.04. The highest BCUT2D eigenvalue weighted by Crippen LogP contribution is 2.17. The molecule has 86 valence electrons. The van der Waals surface area contributed by atoms with Gasteiger partial charge in [0.2, 0.25) is 0 Å². The van der Waals surface area contributed by atoms with E-state index in [1.54, 1.807) is 24.3 Å². The lowest BCUT2D eigenvalue weighted by Crippen LogP contribution is -2.30. The van der Waals surface area contributed by atoms with Crippen LogP contribution in [0.2, 0.25) is 0 Å². The molecule has 1 saturated heterocycles. The highest BCUT2D eigenvalue weighted by molar-refractivity contribution is 6.58. The Morgan fingerprint density at radius 1 is 1.31 bits per heavy atom. The third-order valence-electron chi connectivity index (χ3n) is 2.56. The maximum absolute atomic E-state index is 9.02. The molecule has 1 atom stereocenters. The van der Waals surface area contributed by atoms with E-state index in [4.69, 9.17) is 19.5 Å². The van der Waals surface area contributed by atoms with Crippen LogP contribution in [0.25, 0.3) is 0 Å². The first-order valence-electron chi connectivity index (χ1n) is 5.50. The van der Waals surface area contributed by atoms with Gasteiger partial charge in [0, 0.05) is 6.42 Å². The first-order valence-corrected chi connectivity index (χ1v) is 5.50. The summed E-state index contributed by atoms with van der Waals surface area (Å²) in [5.74, 6) is 0.609. The van der Waals surface area contributed by atoms with Gasteiger partial charge in [0.1, 0.15) is 5.75 Å². The molecule has 0 aromatic heterocycles. The quantitative estimate of drug-likeness (QED) is 0.720. The average molecular weight is 222 g/mol. The second kappa shape index (κ2) is 5.34. The number of benzene rings is 1. The zero-order valence-corrected chi connectivity index (χ0v) is 9.00. The van der Waals surface area contributed by atoms with E-state index >= 15 is 0 Å². The van der Waals surface area contributed by atoms with E-state index in [9.17, 15) is 0 Å². The molecule has 0 amide bonds. The summed E-state index contributed by atoms with van der Waals surface area (Å²) in [6.07, 6.45) is 2.86. The SMILES string of the molecule is OB(O)c1cccc(O[C@@H]2CCCCO2)c1. The largest absolute Gasteiger partial charge is 0.488 e. The molecule has 0 unspecified atom stereocenters. The molecule has 1 fully saturated rings. The second-order valence-electron chi connectivity index (χ2n) is 3.86. The molecule has 16 heavy (non-hydrogen) atoms. The zero-order valence-electron chi connectivity index (χ0n) is 9.00. The van der Waals surface area contributed by atoms with Gasteiger partial charge in [-0.05, 0) is 30.4 Å². The van der Waals surface area contributed by atoms with Crippen LogP contribution in [0.4, 0.5) is 0 Å². The molecule has 1 aromatic carbocycles. The Kier molecular flexibility index (Phi) is 3.82. The molecule has 5 heteroatoms. The van der Waals surface area contributed by atoms with E-state index < -0.39 is 7.12 Å². The van der Waals surface area contributed by atoms with Crippen LogP contribution in [0.5, 0.6) is 5.75 Å². The molecule has 0 radical (unpaired) electrons. The maximum atomic E-state index is 9.02. The van der Waals surface area contributed by atoms with Crippen molar-refractivity contribution in [2.45, 2.75) is 25.6 Å². The fraction of sp³-hybridized carbons (Fsp3) is 0.455. The highest BCUT2D eigenvalue weighted by Gasteiger charge is 2.16. The van der Waals surface area contributed by atoms with Crippen LogP contribution in [-0.2, 0) is 4.74 Å². The number of ether oxygens (including phenoxy) is 2. The van der Waals surface area contributed by atoms with Gasteiger partial charge in [-0.15, -0.1) is 0 Å². The van der Waals surface area contributed by atoms with Crippen molar-refractivity contribution >= 4 is 12.6 Å². The van der Waals surface area contributed by atoms with Crippen molar-refractivity contribution in [3.05, 3.63) is 24.3 Å². The second-order valence-corrected chi connectivity index (χ2v) is 3.86. The molecule has 1 aromatic rings. The minimum absolute atomic E-state index is 0.208. The van der Waals surface area contributed by atoms with E-state index in [0.29, 0.717) is 11.2 Å². The van der Waals surface area contributed by atoms with Crippen molar-refractivity contribution in [2.24, 2.45) is 0 Å². The van der Waals surface area contributed by atoms with Gasteiger partial charge in [-0.3, -0.25) is 0 Å². The van der Waals surface area contributed by atoms with Gasteiger partial charge < -0.3 is 19.5 Å². The Morgan fingerprint density at radius 2 is 2.19 bits per heavy atom. The summed E-state index contributed by atoms with van der Waals surface area (Å²) in [4.78, 5) is 0. The maximum Gasteiger partial charge on any atom is 0.488 e. The van der Waals surface area contributed by atoms with Gasteiger partial charge in [-0.2, -0.15) is 0 Å². The van der Waals surface area contributed by atoms with Gasteiger partial charge in [0.15, 0.2) is 6.29 Å². The summed E-state index contributed by atoms with van der Waals surface area (Å²) in [6, 6.07) is 6.76. The molecule has 0 bridgehead atoms. The number of rotatable bonds is 3. The molecular formula is C11H15BO4. The third-order valence-corrected chi connectivity index (χ3v) is 2.56. The zero-order chi connectivity index (χ0) is 11.4. The molecule has 0 saturated carbocycles. The van der Waals surface area contributed by atoms with Gasteiger partial charge in [-0.25, -0.2) is 0 Å². The molecule has 1 heterocycles. The third kappa shape index (κ3) is 2.98. The van der Waals surface area contributed by atoms with Crippen LogP contribution in [0, 0.1) is 0 Å². The van der Waals surface area contributed by atoms with Crippen LogP contribution >= 0.6 is 0 Å². The normalized spacial score (nSPS) is 20.5. The van der Waals surface area contributed by atoms with Crippen LogP contribution in [0.1, 0.15) is 19.3 Å². The minimum atomic E-state index is -1.46. The van der Waals surface area contributed by atoms with Crippen molar-refractivity contribution < 1.29 is 19.5 Å². The lowest BCUT2D eigenvalue weighted by atomic mass is 9.80. The monoisotopic (exact) mass is 222 g/mol. The van der Waals surface area contributed by atoms with Crippen molar-refractivity contribution in [1.82, 2.24) is 0 Å². The summed E-state index contributed by atoms with van der Waals surface area (Å²) in [5.41, 5.74) is 0.424. The first kappa shape index (κ1) is 11.5. The molecule has 1 aliphatic heterocycles. The highest BCUT2D eigenvalue weighted by atomic mass is 16.7. The molecule has 2 rings (SSSR count). The summed E-state index contributed by atoms with van der Waals surface area (Å²) in [7, 11) is -1.46. The molecule has 4 nitrogen and oxygen atoms in total. The van der Waals surface area contributed by atoms with Gasteiger partial charge in [0.25, 0.3) is 0 Å². The lowest BCUT2D eigenvalue weighted by molar-refractivity contribution is -0.105. The molecular weight excluding hydrogens is 207 g/mol. The summed E-state index contributed by atoms with van der Waals surface area (Å²) in [6.45, 7) is 0.729. The predicted octanol–water partition coefficient (Wildman–Crippen LogP) is 0.272. The molecule has 2 N–H and O–H groups in total. The van der Waals surface area contributed by atoms with Gasteiger partial charge >= 0.3 is 7.12 Å². The molecule has 0 spiro atoms. The fourth-order valence-corrected chi connectivity index (χ4v) is 1.70. The van der Waals surface area contributed by atoms with Crippen molar-refractivity contribution in [3.63, 3.8) is 0 Å². The van der Waals surface area contributed by atoms with Crippen LogP contribution in [0.3, 0.4) is 0 Å². The lowest BCUT2D eigenvalue weighted by Gasteiger charge is -2.23. The molecule has 1 aliphatic rings. The topological polar surface area (TPSA) is 58.9 Å². The van der Waals surface area contributed by atoms with Crippen LogP contribution in [0.15, 0.2) is 24.3 Å². The van der Waals surface area contributed by atoms with E-state index in [0.717, 1.165) is 25.9 Å². The number of hydrogen-bond acceptors (Lipinski definition) is 4. The van der Waals surface area contributed by atoms with Gasteiger partial charge in [-0.1, -0.05) is 12.1 Å². The Labute approximate surface area is 95.0 Å². The Balaban J connectivity index is 2.00. The predicted molar refractivity (Wildman–Crippen MR) is 60.5 cm³/mol. The minimum Gasteiger partial charge on any atom is -0.465 e. The fourth-order valence-electron chi connectivity index (χ4n) is 1.70. The van der Waals surface area contributed by atoms with E-state index in [1.165, 1.54) is 0 Å². The smallest absolute Gasteiger partial charge is 0.465 e. The van der Waals surface area contributed by atoms with E-state index in [1.807, 2.05) is 0 Å². The van der Waals surface area contributed by atoms with Crippen LogP contribution < -0.4 is 10.2 Å². The number of hydrogen-bond donors (Lipinski definition) is 2. The first-order chi connectivity index (χ1) is 7.75. The summed E-state index contributed by atoms with van der Waals surface area (Å²) >= 11 is 0.